The van der Waals surface area contributed by atoms with E-state index in [2.05, 4.69) is 47.4 Å². The monoisotopic (exact) mass is 333 g/mol. The molecular formula is C22H23NO2. The predicted octanol–water partition coefficient (Wildman–Crippen LogP) is 5.67. The van der Waals surface area contributed by atoms with E-state index in [0.29, 0.717) is 18.2 Å². The number of benzene rings is 2. The molecule has 3 aromatic rings. The first kappa shape index (κ1) is 15.9. The molecule has 1 saturated carbocycles. The van der Waals surface area contributed by atoms with Gasteiger partial charge in [-0.1, -0.05) is 49.2 Å². The van der Waals surface area contributed by atoms with Gasteiger partial charge in [-0.15, -0.1) is 0 Å². The highest BCUT2D eigenvalue weighted by molar-refractivity contribution is 5.91. The predicted molar refractivity (Wildman–Crippen MR) is 101 cm³/mol. The number of esters is 1. The molecule has 3 nitrogen and oxygen atoms in total. The molecule has 4 rings (SSSR count). The van der Waals surface area contributed by atoms with E-state index >= 15 is 0 Å². The number of ether oxygens (including phenoxy) is 1. The lowest BCUT2D eigenvalue weighted by molar-refractivity contribution is 0.0520. The van der Waals surface area contributed by atoms with Gasteiger partial charge < -0.3 is 9.72 Å². The lowest BCUT2D eigenvalue weighted by Gasteiger charge is -2.11. The van der Waals surface area contributed by atoms with Crippen molar-refractivity contribution in [2.24, 2.45) is 0 Å². The number of carbonyl (C=O) groups is 1. The molecule has 0 bridgehead atoms. The van der Waals surface area contributed by atoms with Gasteiger partial charge in [-0.25, -0.2) is 4.79 Å². The van der Waals surface area contributed by atoms with Crippen LogP contribution in [0.4, 0.5) is 0 Å². The van der Waals surface area contributed by atoms with Gasteiger partial charge in [0, 0.05) is 5.69 Å². The Hall–Kier alpha value is -2.55. The topological polar surface area (TPSA) is 42.1 Å². The van der Waals surface area contributed by atoms with Gasteiger partial charge in [0.15, 0.2) is 0 Å². The summed E-state index contributed by atoms with van der Waals surface area (Å²) in [5.41, 5.74) is 4.03. The maximum absolute atomic E-state index is 12.2. The fourth-order valence-electron chi connectivity index (χ4n) is 3.93. The summed E-state index contributed by atoms with van der Waals surface area (Å²) >= 11 is 0. The number of nitrogens with one attached hydrogen (secondary N) is 1. The number of carbonyl (C=O) groups excluding carboxylic acids is 1. The molecule has 3 heteroatoms. The molecule has 1 aliphatic rings. The zero-order valence-electron chi connectivity index (χ0n) is 14.5. The Morgan fingerprint density at radius 3 is 2.60 bits per heavy atom. The molecular weight excluding hydrogens is 310 g/mol. The zero-order valence-corrected chi connectivity index (χ0v) is 14.5. The van der Waals surface area contributed by atoms with E-state index in [-0.39, 0.29) is 5.97 Å². The number of rotatable bonds is 4. The summed E-state index contributed by atoms with van der Waals surface area (Å²) in [6.07, 6.45) is 4.92. The van der Waals surface area contributed by atoms with Crippen molar-refractivity contribution in [1.29, 1.82) is 0 Å². The molecule has 0 amide bonds. The van der Waals surface area contributed by atoms with Crippen LogP contribution in [-0.2, 0) is 4.74 Å². The largest absolute Gasteiger partial charge is 0.461 e. The molecule has 0 spiro atoms. The SMILES string of the molecule is CCOC(=O)c1cc(C2CCCC2)c(-c2ccc3ccccc3c2)[nH]1. The first-order chi connectivity index (χ1) is 12.3. The van der Waals surface area contributed by atoms with E-state index in [1.807, 2.05) is 13.0 Å². The second-order valence-electron chi connectivity index (χ2n) is 6.78. The number of H-pyrrole nitrogens is 1. The summed E-state index contributed by atoms with van der Waals surface area (Å²) in [6.45, 7) is 2.23. The van der Waals surface area contributed by atoms with Crippen molar-refractivity contribution < 1.29 is 9.53 Å². The average Bonchev–Trinajstić information content (AvgIpc) is 3.31. The average molecular weight is 333 g/mol. The van der Waals surface area contributed by atoms with Crippen molar-refractivity contribution in [3.8, 4) is 11.3 Å². The Labute approximate surface area is 148 Å². The van der Waals surface area contributed by atoms with Crippen LogP contribution in [0.15, 0.2) is 48.5 Å². The van der Waals surface area contributed by atoms with E-state index in [1.165, 1.54) is 42.0 Å². The number of hydrogen-bond donors (Lipinski definition) is 1. The molecule has 1 heterocycles. The molecule has 0 atom stereocenters. The highest BCUT2D eigenvalue weighted by Gasteiger charge is 2.24. The van der Waals surface area contributed by atoms with Crippen LogP contribution in [0.1, 0.15) is 54.6 Å². The van der Waals surface area contributed by atoms with Gasteiger partial charge in [-0.2, -0.15) is 0 Å². The van der Waals surface area contributed by atoms with E-state index in [4.69, 9.17) is 4.74 Å². The molecule has 2 aromatic carbocycles. The minimum atomic E-state index is -0.270. The van der Waals surface area contributed by atoms with Crippen molar-refractivity contribution in [3.05, 3.63) is 59.8 Å². The number of aromatic nitrogens is 1. The first-order valence-electron chi connectivity index (χ1n) is 9.15. The van der Waals surface area contributed by atoms with Crippen LogP contribution >= 0.6 is 0 Å². The van der Waals surface area contributed by atoms with Gasteiger partial charge in [0.1, 0.15) is 5.69 Å². The third-order valence-electron chi connectivity index (χ3n) is 5.18. The Morgan fingerprint density at radius 1 is 1.08 bits per heavy atom. The third-order valence-corrected chi connectivity index (χ3v) is 5.18. The highest BCUT2D eigenvalue weighted by atomic mass is 16.5. The zero-order chi connectivity index (χ0) is 17.2. The van der Waals surface area contributed by atoms with Crippen LogP contribution < -0.4 is 0 Å². The Kier molecular flexibility index (Phi) is 4.31. The summed E-state index contributed by atoms with van der Waals surface area (Å²) in [5, 5.41) is 2.44. The molecule has 0 radical (unpaired) electrons. The van der Waals surface area contributed by atoms with Gasteiger partial charge in [0.25, 0.3) is 0 Å². The second-order valence-corrected chi connectivity index (χ2v) is 6.78. The fraction of sp³-hybridized carbons (Fsp3) is 0.318. The number of fused-ring (bicyclic) bond motifs is 1. The van der Waals surface area contributed by atoms with E-state index in [9.17, 15) is 4.79 Å². The lowest BCUT2D eigenvalue weighted by Crippen LogP contribution is -2.04. The van der Waals surface area contributed by atoms with Gasteiger partial charge in [0.05, 0.1) is 6.61 Å². The van der Waals surface area contributed by atoms with Crippen LogP contribution in [-0.4, -0.2) is 17.6 Å². The van der Waals surface area contributed by atoms with E-state index < -0.39 is 0 Å². The number of hydrogen-bond acceptors (Lipinski definition) is 2. The van der Waals surface area contributed by atoms with Crippen molar-refractivity contribution in [2.45, 2.75) is 38.5 Å². The number of aromatic amines is 1. The maximum Gasteiger partial charge on any atom is 0.354 e. The van der Waals surface area contributed by atoms with E-state index in [0.717, 1.165) is 11.3 Å². The molecule has 1 fully saturated rings. The van der Waals surface area contributed by atoms with Crippen molar-refractivity contribution in [3.63, 3.8) is 0 Å². The minimum Gasteiger partial charge on any atom is -0.461 e. The molecule has 25 heavy (non-hydrogen) atoms. The molecule has 0 aliphatic heterocycles. The van der Waals surface area contributed by atoms with Crippen LogP contribution in [0.2, 0.25) is 0 Å². The van der Waals surface area contributed by atoms with Crippen molar-refractivity contribution in [2.75, 3.05) is 6.61 Å². The molecule has 1 aromatic heterocycles. The second kappa shape index (κ2) is 6.75. The first-order valence-corrected chi connectivity index (χ1v) is 9.15. The summed E-state index contributed by atoms with van der Waals surface area (Å²) in [4.78, 5) is 15.6. The van der Waals surface area contributed by atoms with Gasteiger partial charge in [-0.05, 0) is 59.7 Å². The van der Waals surface area contributed by atoms with Gasteiger partial charge in [-0.3, -0.25) is 0 Å². The molecule has 0 saturated heterocycles. The molecule has 1 aliphatic carbocycles. The van der Waals surface area contributed by atoms with Crippen LogP contribution in [0.25, 0.3) is 22.0 Å². The summed E-state index contributed by atoms with van der Waals surface area (Å²) < 4.78 is 5.19. The minimum absolute atomic E-state index is 0.270. The third kappa shape index (κ3) is 3.07. The van der Waals surface area contributed by atoms with Crippen molar-refractivity contribution >= 4 is 16.7 Å². The smallest absolute Gasteiger partial charge is 0.354 e. The Morgan fingerprint density at radius 2 is 1.84 bits per heavy atom. The Bertz CT molecular complexity index is 903. The standard InChI is InChI=1S/C22H23NO2/c1-2-25-22(24)20-14-19(16-8-4-5-9-16)21(23-20)18-12-11-15-7-3-6-10-17(15)13-18/h3,6-7,10-14,16,23H,2,4-5,8-9H2,1H3. The fourth-order valence-corrected chi connectivity index (χ4v) is 3.93. The molecule has 0 unspecified atom stereocenters. The normalized spacial score (nSPS) is 14.9. The van der Waals surface area contributed by atoms with Crippen LogP contribution in [0.3, 0.4) is 0 Å². The summed E-state index contributed by atoms with van der Waals surface area (Å²) in [5.74, 6) is 0.259. The quantitative estimate of drug-likeness (QED) is 0.625. The van der Waals surface area contributed by atoms with Crippen LogP contribution in [0, 0.1) is 0 Å². The highest BCUT2D eigenvalue weighted by Crippen LogP contribution is 2.40. The Balaban J connectivity index is 1.81. The summed E-state index contributed by atoms with van der Waals surface area (Å²) in [7, 11) is 0. The maximum atomic E-state index is 12.2. The van der Waals surface area contributed by atoms with Crippen molar-refractivity contribution in [1.82, 2.24) is 4.98 Å². The van der Waals surface area contributed by atoms with Gasteiger partial charge >= 0.3 is 5.97 Å². The molecule has 128 valence electrons. The van der Waals surface area contributed by atoms with E-state index in [1.54, 1.807) is 0 Å². The summed E-state index contributed by atoms with van der Waals surface area (Å²) in [6, 6.07) is 16.9. The lowest BCUT2D eigenvalue weighted by atomic mass is 9.94. The van der Waals surface area contributed by atoms with Gasteiger partial charge in [0.2, 0.25) is 0 Å². The molecule has 1 N–H and O–H groups in total. The van der Waals surface area contributed by atoms with Crippen LogP contribution in [0.5, 0.6) is 0 Å².